The summed E-state index contributed by atoms with van der Waals surface area (Å²) in [4.78, 5) is 12.1. The fourth-order valence-electron chi connectivity index (χ4n) is 1.95. The lowest BCUT2D eigenvalue weighted by Gasteiger charge is -2.08. The smallest absolute Gasteiger partial charge is 0.236 e. The van der Waals surface area contributed by atoms with Crippen LogP contribution in [0.3, 0.4) is 0 Å². The number of ether oxygens (including phenoxy) is 1. The van der Waals surface area contributed by atoms with Crippen LogP contribution in [0.4, 0.5) is 5.13 Å². The zero-order chi connectivity index (χ0) is 18.4. The Bertz CT molecular complexity index is 883. The molecule has 1 amide bonds. The first-order valence-corrected chi connectivity index (χ1v) is 10.3. The molecule has 0 fully saturated rings. The molecule has 0 aliphatic carbocycles. The molecule has 0 spiro atoms. The molecule has 1 aromatic carbocycles. The first kappa shape index (κ1) is 18.6. The van der Waals surface area contributed by atoms with Gasteiger partial charge in [-0.2, -0.15) is 4.68 Å². The second-order valence-corrected chi connectivity index (χ2v) is 8.12. The number of nitrogens with one attached hydrogen (secondary N) is 1. The molecule has 0 radical (unpaired) electrons. The van der Waals surface area contributed by atoms with Gasteiger partial charge in [-0.05, 0) is 28.3 Å². The number of carbonyl (C=O) groups is 1. The largest absolute Gasteiger partial charge is 0.494 e. The summed E-state index contributed by atoms with van der Waals surface area (Å²) in [6, 6.07) is 7.38. The molecule has 3 aromatic rings. The van der Waals surface area contributed by atoms with Crippen molar-refractivity contribution in [1.82, 2.24) is 30.4 Å². The van der Waals surface area contributed by atoms with Gasteiger partial charge in [-0.15, -0.1) is 15.3 Å². The van der Waals surface area contributed by atoms with Gasteiger partial charge in [-0.25, -0.2) is 0 Å². The number of para-hydroxylation sites is 2. The van der Waals surface area contributed by atoms with E-state index in [4.69, 9.17) is 4.74 Å². The lowest BCUT2D eigenvalue weighted by Crippen LogP contribution is -2.14. The number of aromatic nitrogens is 6. The van der Waals surface area contributed by atoms with E-state index in [0.717, 1.165) is 10.1 Å². The number of rotatable bonds is 8. The van der Waals surface area contributed by atoms with E-state index in [1.165, 1.54) is 27.8 Å². The van der Waals surface area contributed by atoms with Crippen LogP contribution < -0.4 is 10.1 Å². The van der Waals surface area contributed by atoms with Crippen molar-refractivity contribution in [3.05, 3.63) is 24.3 Å². The number of tetrazole rings is 1. The standard InChI is InChI=1S/C14H15N7O2S3/c1-3-24-14-18-16-12(26-14)15-11(22)8-25-13-17-19-20-21(13)9-6-4-5-7-10(9)23-2/h4-7H,3,8H2,1-2H3,(H,15,16,22). The van der Waals surface area contributed by atoms with Gasteiger partial charge in [0.05, 0.1) is 12.9 Å². The van der Waals surface area contributed by atoms with E-state index >= 15 is 0 Å². The molecule has 0 bridgehead atoms. The summed E-state index contributed by atoms with van der Waals surface area (Å²) in [6.07, 6.45) is 0. The highest BCUT2D eigenvalue weighted by Gasteiger charge is 2.15. The Morgan fingerprint density at radius 3 is 2.92 bits per heavy atom. The molecule has 2 aromatic heterocycles. The van der Waals surface area contributed by atoms with Crippen LogP contribution in [0.15, 0.2) is 33.8 Å². The van der Waals surface area contributed by atoms with Gasteiger partial charge in [0.25, 0.3) is 0 Å². The van der Waals surface area contributed by atoms with Crippen LogP contribution in [0.2, 0.25) is 0 Å². The lowest BCUT2D eigenvalue weighted by molar-refractivity contribution is -0.113. The number of hydrogen-bond donors (Lipinski definition) is 1. The van der Waals surface area contributed by atoms with Crippen LogP contribution >= 0.6 is 34.9 Å². The van der Waals surface area contributed by atoms with Crippen molar-refractivity contribution in [2.75, 3.05) is 23.9 Å². The molecular weight excluding hydrogens is 394 g/mol. The lowest BCUT2D eigenvalue weighted by atomic mass is 10.3. The quantitative estimate of drug-likeness (QED) is 0.443. The summed E-state index contributed by atoms with van der Waals surface area (Å²) in [6.45, 7) is 2.03. The van der Waals surface area contributed by atoms with E-state index in [9.17, 15) is 4.79 Å². The summed E-state index contributed by atoms with van der Waals surface area (Å²) >= 11 is 4.16. The SMILES string of the molecule is CCSc1nnc(NC(=O)CSc2nnnn2-c2ccccc2OC)s1. The summed E-state index contributed by atoms with van der Waals surface area (Å²) < 4.78 is 7.70. The van der Waals surface area contributed by atoms with Gasteiger partial charge in [0.2, 0.25) is 16.2 Å². The Morgan fingerprint density at radius 1 is 1.27 bits per heavy atom. The van der Waals surface area contributed by atoms with Crippen molar-refractivity contribution in [1.29, 1.82) is 0 Å². The topological polar surface area (TPSA) is 108 Å². The maximum Gasteiger partial charge on any atom is 0.236 e. The van der Waals surface area contributed by atoms with Crippen LogP contribution in [0.1, 0.15) is 6.92 Å². The highest BCUT2D eigenvalue weighted by Crippen LogP contribution is 2.27. The van der Waals surface area contributed by atoms with Gasteiger partial charge in [0.1, 0.15) is 11.4 Å². The van der Waals surface area contributed by atoms with E-state index in [2.05, 4.69) is 31.0 Å². The third kappa shape index (κ3) is 4.51. The second kappa shape index (κ2) is 8.96. The molecule has 136 valence electrons. The van der Waals surface area contributed by atoms with Crippen molar-refractivity contribution in [2.45, 2.75) is 16.4 Å². The predicted molar refractivity (Wildman–Crippen MR) is 101 cm³/mol. The number of carbonyl (C=O) groups excluding carboxylic acids is 1. The average Bonchev–Trinajstić information content (AvgIpc) is 3.29. The van der Waals surface area contributed by atoms with Gasteiger partial charge in [-0.3, -0.25) is 10.1 Å². The molecule has 0 atom stereocenters. The molecule has 12 heteroatoms. The van der Waals surface area contributed by atoms with Gasteiger partial charge in [0.15, 0.2) is 4.34 Å². The number of hydrogen-bond acceptors (Lipinski definition) is 10. The molecule has 26 heavy (non-hydrogen) atoms. The van der Waals surface area contributed by atoms with Crippen LogP contribution in [0.25, 0.3) is 5.69 Å². The minimum Gasteiger partial charge on any atom is -0.494 e. The van der Waals surface area contributed by atoms with E-state index in [0.29, 0.717) is 21.7 Å². The van der Waals surface area contributed by atoms with Gasteiger partial charge >= 0.3 is 0 Å². The Hall–Kier alpha value is -2.18. The first-order valence-electron chi connectivity index (χ1n) is 7.52. The van der Waals surface area contributed by atoms with Crippen LogP contribution in [-0.2, 0) is 4.79 Å². The van der Waals surface area contributed by atoms with Crippen LogP contribution in [-0.4, -0.2) is 54.9 Å². The number of benzene rings is 1. The van der Waals surface area contributed by atoms with Gasteiger partial charge in [0, 0.05) is 0 Å². The second-order valence-electron chi connectivity index (χ2n) is 4.69. The minimum atomic E-state index is -0.200. The molecule has 0 unspecified atom stereocenters. The highest BCUT2D eigenvalue weighted by atomic mass is 32.2. The summed E-state index contributed by atoms with van der Waals surface area (Å²) in [5.41, 5.74) is 0.702. The molecule has 2 heterocycles. The number of thioether (sulfide) groups is 2. The number of methoxy groups -OCH3 is 1. The van der Waals surface area contributed by atoms with Crippen LogP contribution in [0, 0.1) is 0 Å². The fourth-order valence-corrected chi connectivity index (χ4v) is 4.30. The molecule has 1 N–H and O–H groups in total. The van der Waals surface area contributed by atoms with Crippen molar-refractivity contribution in [2.24, 2.45) is 0 Å². The summed E-state index contributed by atoms with van der Waals surface area (Å²) in [5, 5.41) is 23.3. The van der Waals surface area contributed by atoms with E-state index in [1.807, 2.05) is 31.2 Å². The Morgan fingerprint density at radius 2 is 2.12 bits per heavy atom. The maximum atomic E-state index is 12.1. The molecule has 9 nitrogen and oxygen atoms in total. The predicted octanol–water partition coefficient (Wildman–Crippen LogP) is 2.37. The summed E-state index contributed by atoms with van der Waals surface area (Å²) in [7, 11) is 1.58. The molecule has 3 rings (SSSR count). The zero-order valence-corrected chi connectivity index (χ0v) is 16.4. The third-order valence-electron chi connectivity index (χ3n) is 3.01. The normalized spacial score (nSPS) is 10.7. The van der Waals surface area contributed by atoms with E-state index < -0.39 is 0 Å². The first-order chi connectivity index (χ1) is 12.7. The minimum absolute atomic E-state index is 0.144. The highest BCUT2D eigenvalue weighted by molar-refractivity contribution is 8.01. The number of anilines is 1. The summed E-state index contributed by atoms with van der Waals surface area (Å²) in [5.74, 6) is 1.49. The van der Waals surface area contributed by atoms with E-state index in [-0.39, 0.29) is 11.7 Å². The van der Waals surface area contributed by atoms with Crippen molar-refractivity contribution < 1.29 is 9.53 Å². The molecule has 0 saturated carbocycles. The van der Waals surface area contributed by atoms with E-state index in [1.54, 1.807) is 18.9 Å². The molecular formula is C14H15N7O2S3. The number of nitrogens with zero attached hydrogens (tertiary/aromatic N) is 6. The Labute approximate surface area is 161 Å². The maximum absolute atomic E-state index is 12.1. The Kier molecular flexibility index (Phi) is 6.41. The molecule has 0 saturated heterocycles. The Balaban J connectivity index is 1.63. The molecule has 0 aliphatic heterocycles. The van der Waals surface area contributed by atoms with Crippen LogP contribution in [0.5, 0.6) is 5.75 Å². The van der Waals surface area contributed by atoms with Crippen molar-refractivity contribution in [3.63, 3.8) is 0 Å². The number of amides is 1. The molecule has 0 aliphatic rings. The zero-order valence-electron chi connectivity index (χ0n) is 13.9. The van der Waals surface area contributed by atoms with Gasteiger partial charge < -0.3 is 4.74 Å². The van der Waals surface area contributed by atoms with Crippen molar-refractivity contribution >= 4 is 45.9 Å². The average molecular weight is 410 g/mol. The van der Waals surface area contributed by atoms with Crippen molar-refractivity contribution in [3.8, 4) is 11.4 Å². The third-order valence-corrected chi connectivity index (χ3v) is 5.78. The fraction of sp³-hybridized carbons (Fsp3) is 0.286. The van der Waals surface area contributed by atoms with Gasteiger partial charge in [-0.1, -0.05) is 53.9 Å². The monoisotopic (exact) mass is 409 g/mol.